The van der Waals surface area contributed by atoms with Gasteiger partial charge < -0.3 is 19.4 Å². The maximum atomic E-state index is 11.4. The molecule has 5 rings (SSSR count). The summed E-state index contributed by atoms with van der Waals surface area (Å²) in [5, 5.41) is 22.7. The molecule has 1 N–H and O–H groups in total. The van der Waals surface area contributed by atoms with Crippen LogP contribution in [-0.4, -0.2) is 21.8 Å². The van der Waals surface area contributed by atoms with Crippen LogP contribution < -0.4 is 34.7 Å². The van der Waals surface area contributed by atoms with Gasteiger partial charge in [0.1, 0.15) is 16.8 Å². The Hall–Kier alpha value is -2.06. The van der Waals surface area contributed by atoms with Gasteiger partial charge in [0.15, 0.2) is 5.58 Å². The van der Waals surface area contributed by atoms with E-state index in [0.29, 0.717) is 16.1 Å². The van der Waals surface area contributed by atoms with E-state index in [1.165, 1.54) is 11.8 Å². The molecule has 208 valence electrons. The van der Waals surface area contributed by atoms with Gasteiger partial charge >= 0.3 is 29.6 Å². The molecule has 1 fully saturated rings. The van der Waals surface area contributed by atoms with E-state index < -0.39 is 11.6 Å². The van der Waals surface area contributed by atoms with E-state index in [4.69, 9.17) is 16.0 Å². The quantitative estimate of drug-likeness (QED) is 0.246. The minimum Gasteiger partial charge on any atom is -0.550 e. The summed E-state index contributed by atoms with van der Waals surface area (Å²) in [7, 11) is 0. The van der Waals surface area contributed by atoms with Gasteiger partial charge in [0, 0.05) is 11.2 Å². The summed E-state index contributed by atoms with van der Waals surface area (Å²) in [5.74, 6) is -0.182. The summed E-state index contributed by atoms with van der Waals surface area (Å²) in [4.78, 5) is 15.9. The molecule has 2 aromatic heterocycles. The van der Waals surface area contributed by atoms with Crippen LogP contribution >= 0.6 is 23.4 Å². The second-order valence-electron chi connectivity index (χ2n) is 11.3. The van der Waals surface area contributed by atoms with E-state index in [1.807, 2.05) is 68.1 Å². The number of aryl methyl sites for hydroxylation is 1. The fourth-order valence-corrected chi connectivity index (χ4v) is 6.89. The van der Waals surface area contributed by atoms with Crippen LogP contribution in [0.2, 0.25) is 5.02 Å². The van der Waals surface area contributed by atoms with Crippen molar-refractivity contribution in [3.05, 3.63) is 99.9 Å². The van der Waals surface area contributed by atoms with E-state index in [9.17, 15) is 15.0 Å². The molecule has 1 aliphatic rings. The number of hydrogen-bond donors (Lipinski definition) is 1. The van der Waals surface area contributed by atoms with Crippen LogP contribution in [0.15, 0.2) is 71.3 Å². The Morgan fingerprint density at radius 2 is 1.95 bits per heavy atom. The van der Waals surface area contributed by atoms with Gasteiger partial charge in [-0.1, -0.05) is 66.2 Å². The Morgan fingerprint density at radius 1 is 1.17 bits per heavy atom. The summed E-state index contributed by atoms with van der Waals surface area (Å²) in [5.41, 5.74) is 5.33. The Bertz CT molecular complexity index is 1540. The van der Waals surface area contributed by atoms with Gasteiger partial charge in [-0.2, -0.15) is 11.8 Å². The number of carbonyl (C=O) groups excluding carboxylic acids is 1. The number of aliphatic hydroxyl groups is 1. The van der Waals surface area contributed by atoms with Crippen LogP contribution in [0.5, 0.6) is 0 Å². The summed E-state index contributed by atoms with van der Waals surface area (Å²) in [6, 6.07) is 20.3. The van der Waals surface area contributed by atoms with Crippen molar-refractivity contribution in [2.75, 3.05) is 5.75 Å². The molecule has 1 saturated carbocycles. The fourth-order valence-electron chi connectivity index (χ4n) is 5.14. The van der Waals surface area contributed by atoms with Gasteiger partial charge in [-0.15, -0.1) is 0 Å². The molecule has 2 aromatic carbocycles. The first kappa shape index (κ1) is 31.9. The molecular formula is C33H33ClNNaO4S. The molecule has 2 heterocycles. The number of carboxylic acid groups (broad SMARTS) is 1. The average molecular weight is 598 g/mol. The number of aliphatic carboxylic acids is 1. The monoisotopic (exact) mass is 597 g/mol. The summed E-state index contributed by atoms with van der Waals surface area (Å²) < 4.78 is 5.39. The van der Waals surface area contributed by atoms with E-state index in [-0.39, 0.29) is 46.6 Å². The van der Waals surface area contributed by atoms with Gasteiger partial charge in [-0.25, -0.2) is 4.98 Å². The molecule has 0 spiro atoms. The topological polar surface area (TPSA) is 86.4 Å². The molecule has 0 aliphatic heterocycles. The maximum Gasteiger partial charge on any atom is 1.00 e. The standard InChI is InChI=1S/C33H34ClNO4S.Na/c1-32(2,38)26-9-4-3-7-23(26)11-15-29(40-21-33(16-17-33)19-30(36)37)24-8-5-6-22(18-24)10-12-25-13-14-28-31(35-25)27(34)20-39-28;/h3-10,12-14,18,20,29,38H,11,15-17,19,21H2,1-2H3,(H,36,37);/q;+1/p-1/b12-10+;. The largest absolute Gasteiger partial charge is 1.00 e. The number of hydrogen-bond acceptors (Lipinski definition) is 6. The van der Waals surface area contributed by atoms with Crippen molar-refractivity contribution in [3.8, 4) is 0 Å². The SMILES string of the molecule is CC(C)(O)c1ccccc1CCC(SCC1(CC(=O)[O-])CC1)c1cccc(/C=C/c2ccc3occ(Cl)c3n2)c1.[Na+]. The number of aromatic nitrogens is 1. The molecule has 0 bridgehead atoms. The minimum atomic E-state index is -0.968. The van der Waals surface area contributed by atoms with E-state index in [0.717, 1.165) is 53.8 Å². The minimum absolute atomic E-state index is 0. The molecule has 1 atom stereocenters. The Balaban J connectivity index is 0.00000387. The first-order valence-corrected chi connectivity index (χ1v) is 15.0. The first-order chi connectivity index (χ1) is 19.1. The summed E-state index contributed by atoms with van der Waals surface area (Å²) >= 11 is 8.02. The van der Waals surface area contributed by atoms with Gasteiger partial charge in [-0.05, 0) is 97.6 Å². The molecule has 1 aliphatic carbocycles. The molecule has 5 nitrogen and oxygen atoms in total. The van der Waals surface area contributed by atoms with Crippen molar-refractivity contribution < 1.29 is 49.0 Å². The summed E-state index contributed by atoms with van der Waals surface area (Å²) in [6.07, 6.45) is 9.15. The number of thioether (sulfide) groups is 1. The Labute approximate surface area is 272 Å². The van der Waals surface area contributed by atoms with Gasteiger partial charge in [0.05, 0.1) is 11.3 Å². The zero-order chi connectivity index (χ0) is 28.3. The second-order valence-corrected chi connectivity index (χ2v) is 12.9. The predicted octanol–water partition coefficient (Wildman–Crippen LogP) is 4.21. The molecular weight excluding hydrogens is 565 g/mol. The number of benzene rings is 2. The van der Waals surface area contributed by atoms with Crippen LogP contribution in [0.1, 0.15) is 72.7 Å². The number of rotatable bonds is 12. The number of halogens is 1. The number of furan rings is 1. The van der Waals surface area contributed by atoms with Crippen LogP contribution in [0, 0.1) is 5.41 Å². The third-order valence-corrected chi connectivity index (χ3v) is 9.50. The van der Waals surface area contributed by atoms with E-state index in [2.05, 4.69) is 35.3 Å². The second kappa shape index (κ2) is 13.5. The molecule has 1 unspecified atom stereocenters. The zero-order valence-electron chi connectivity index (χ0n) is 23.7. The predicted molar refractivity (Wildman–Crippen MR) is 161 cm³/mol. The maximum absolute atomic E-state index is 11.4. The van der Waals surface area contributed by atoms with Crippen molar-refractivity contribution >= 4 is 52.6 Å². The van der Waals surface area contributed by atoms with Crippen molar-refractivity contribution in [2.24, 2.45) is 5.41 Å². The van der Waals surface area contributed by atoms with Crippen LogP contribution in [-0.2, 0) is 16.8 Å². The fraction of sp³-hybridized carbons (Fsp3) is 0.333. The molecule has 8 heteroatoms. The number of pyridine rings is 1. The molecule has 0 amide bonds. The Kier molecular flexibility index (Phi) is 10.5. The third kappa shape index (κ3) is 8.28. The smallest absolute Gasteiger partial charge is 0.550 e. The Morgan fingerprint density at radius 3 is 2.68 bits per heavy atom. The van der Waals surface area contributed by atoms with E-state index in [1.54, 1.807) is 0 Å². The number of fused-ring (bicyclic) bond motifs is 1. The number of carboxylic acids is 1. The summed E-state index contributed by atoms with van der Waals surface area (Å²) in [6.45, 7) is 3.63. The van der Waals surface area contributed by atoms with Gasteiger partial charge in [0.2, 0.25) is 0 Å². The van der Waals surface area contributed by atoms with Crippen molar-refractivity contribution in [3.63, 3.8) is 0 Å². The van der Waals surface area contributed by atoms with Crippen LogP contribution in [0.3, 0.4) is 0 Å². The molecule has 4 aromatic rings. The van der Waals surface area contributed by atoms with Gasteiger partial charge in [0.25, 0.3) is 0 Å². The van der Waals surface area contributed by atoms with Gasteiger partial charge in [-0.3, -0.25) is 0 Å². The average Bonchev–Trinajstić information content (AvgIpc) is 3.58. The van der Waals surface area contributed by atoms with Crippen LogP contribution in [0.25, 0.3) is 23.3 Å². The van der Waals surface area contributed by atoms with Crippen LogP contribution in [0.4, 0.5) is 0 Å². The zero-order valence-corrected chi connectivity index (χ0v) is 27.3. The number of carbonyl (C=O) groups is 1. The van der Waals surface area contributed by atoms with Crippen molar-refractivity contribution in [2.45, 2.75) is 56.8 Å². The molecule has 0 radical (unpaired) electrons. The van der Waals surface area contributed by atoms with Crippen molar-refractivity contribution in [1.29, 1.82) is 0 Å². The number of nitrogens with zero attached hydrogens (tertiary/aromatic N) is 1. The molecule has 41 heavy (non-hydrogen) atoms. The third-order valence-electron chi connectivity index (χ3n) is 7.54. The van der Waals surface area contributed by atoms with E-state index >= 15 is 0 Å². The molecule has 0 saturated heterocycles. The first-order valence-electron chi connectivity index (χ1n) is 13.6. The normalized spacial score (nSPS) is 15.1. The van der Waals surface area contributed by atoms with Crippen molar-refractivity contribution in [1.82, 2.24) is 4.98 Å².